The van der Waals surface area contributed by atoms with E-state index in [4.69, 9.17) is 10.2 Å². The molecule has 0 atom stereocenters. The number of benzene rings is 1. The van der Waals surface area contributed by atoms with Gasteiger partial charge in [-0.15, -0.1) is 0 Å². The first kappa shape index (κ1) is 13.3. The fraction of sp³-hybridized carbons (Fsp3) is 0.133. The number of pyridine rings is 1. The highest BCUT2D eigenvalue weighted by Gasteiger charge is 2.15. The standard InChI is InChI=1S/C15H13N3O3/c19-7-6-18-14-12(8-11(9-16-14)15(20)21)13(17-18)10-4-2-1-3-5-10/h1-5,8-9,19H,6-7H2,(H,20,21). The summed E-state index contributed by atoms with van der Waals surface area (Å²) in [7, 11) is 0. The van der Waals surface area contributed by atoms with Crippen molar-refractivity contribution in [2.24, 2.45) is 0 Å². The molecule has 0 bridgehead atoms. The zero-order valence-corrected chi connectivity index (χ0v) is 11.1. The van der Waals surface area contributed by atoms with E-state index in [9.17, 15) is 4.79 Å². The van der Waals surface area contributed by atoms with Crippen molar-refractivity contribution in [3.63, 3.8) is 0 Å². The number of carboxylic acids is 1. The molecule has 0 amide bonds. The molecule has 6 heteroatoms. The summed E-state index contributed by atoms with van der Waals surface area (Å²) in [5.74, 6) is -1.03. The molecule has 2 aromatic heterocycles. The van der Waals surface area contributed by atoms with E-state index in [1.54, 1.807) is 10.7 Å². The second-order valence-electron chi connectivity index (χ2n) is 4.56. The lowest BCUT2D eigenvalue weighted by atomic mass is 10.1. The SMILES string of the molecule is O=C(O)c1cnc2c(c1)c(-c1ccccc1)nn2CCO. The average Bonchev–Trinajstić information content (AvgIpc) is 2.87. The van der Waals surface area contributed by atoms with Crippen LogP contribution in [0.3, 0.4) is 0 Å². The van der Waals surface area contributed by atoms with E-state index in [1.165, 1.54) is 6.20 Å². The summed E-state index contributed by atoms with van der Waals surface area (Å²) in [5.41, 5.74) is 2.22. The minimum atomic E-state index is -1.03. The number of carbonyl (C=O) groups is 1. The monoisotopic (exact) mass is 283 g/mol. The van der Waals surface area contributed by atoms with Gasteiger partial charge in [0.25, 0.3) is 0 Å². The highest BCUT2D eigenvalue weighted by molar-refractivity contribution is 5.97. The minimum Gasteiger partial charge on any atom is -0.478 e. The Labute approximate surface area is 120 Å². The van der Waals surface area contributed by atoms with Crippen LogP contribution in [0, 0.1) is 0 Å². The van der Waals surface area contributed by atoms with Crippen molar-refractivity contribution in [2.45, 2.75) is 6.54 Å². The Kier molecular flexibility index (Phi) is 3.37. The van der Waals surface area contributed by atoms with Gasteiger partial charge in [-0.3, -0.25) is 0 Å². The van der Waals surface area contributed by atoms with Crippen LogP contribution in [0.4, 0.5) is 0 Å². The fourth-order valence-corrected chi connectivity index (χ4v) is 2.24. The van der Waals surface area contributed by atoms with Gasteiger partial charge in [0.15, 0.2) is 5.65 Å². The smallest absolute Gasteiger partial charge is 0.337 e. The molecule has 0 fully saturated rings. The zero-order chi connectivity index (χ0) is 14.8. The van der Waals surface area contributed by atoms with Crippen molar-refractivity contribution in [2.75, 3.05) is 6.61 Å². The van der Waals surface area contributed by atoms with Crippen LogP contribution in [0.5, 0.6) is 0 Å². The Balaban J connectivity index is 2.27. The van der Waals surface area contributed by atoms with Gasteiger partial charge in [-0.2, -0.15) is 5.10 Å². The van der Waals surface area contributed by atoms with Crippen molar-refractivity contribution in [3.8, 4) is 11.3 Å². The van der Waals surface area contributed by atoms with Crippen LogP contribution in [0.15, 0.2) is 42.6 Å². The maximum Gasteiger partial charge on any atom is 0.337 e. The molecule has 0 aliphatic carbocycles. The number of nitrogens with zero attached hydrogens (tertiary/aromatic N) is 3. The van der Waals surface area contributed by atoms with Crippen LogP contribution in [0.25, 0.3) is 22.3 Å². The Bertz CT molecular complexity index is 797. The van der Waals surface area contributed by atoms with E-state index in [-0.39, 0.29) is 12.2 Å². The van der Waals surface area contributed by atoms with Gasteiger partial charge in [-0.05, 0) is 6.07 Å². The van der Waals surface area contributed by atoms with Crippen LogP contribution in [-0.4, -0.2) is 37.6 Å². The molecule has 21 heavy (non-hydrogen) atoms. The van der Waals surface area contributed by atoms with Crippen LogP contribution < -0.4 is 0 Å². The molecule has 0 aliphatic heterocycles. The predicted octanol–water partition coefficient (Wildman–Crippen LogP) is 1.79. The molecule has 2 N–H and O–H groups in total. The second-order valence-corrected chi connectivity index (χ2v) is 4.56. The maximum atomic E-state index is 11.1. The second kappa shape index (κ2) is 5.34. The molecule has 0 aliphatic rings. The first-order valence-electron chi connectivity index (χ1n) is 6.47. The lowest BCUT2D eigenvalue weighted by molar-refractivity contribution is 0.0696. The summed E-state index contributed by atoms with van der Waals surface area (Å²) in [6, 6.07) is 11.0. The summed E-state index contributed by atoms with van der Waals surface area (Å²) < 4.78 is 1.59. The number of aliphatic hydroxyl groups is 1. The minimum absolute atomic E-state index is 0.0621. The first-order chi connectivity index (χ1) is 10.2. The first-order valence-corrected chi connectivity index (χ1v) is 6.47. The normalized spacial score (nSPS) is 10.9. The summed E-state index contributed by atoms with van der Waals surface area (Å²) in [5, 5.41) is 23.3. The summed E-state index contributed by atoms with van der Waals surface area (Å²) in [4.78, 5) is 15.3. The van der Waals surface area contributed by atoms with E-state index >= 15 is 0 Å². The Hall–Kier alpha value is -2.73. The van der Waals surface area contributed by atoms with Gasteiger partial charge >= 0.3 is 5.97 Å². The molecule has 0 unspecified atom stereocenters. The molecule has 106 valence electrons. The van der Waals surface area contributed by atoms with Crippen molar-refractivity contribution < 1.29 is 15.0 Å². The Morgan fingerprint density at radius 1 is 1.24 bits per heavy atom. The highest BCUT2D eigenvalue weighted by atomic mass is 16.4. The number of aliphatic hydroxyl groups excluding tert-OH is 1. The number of aromatic nitrogens is 3. The molecule has 0 spiro atoms. The van der Waals surface area contributed by atoms with Crippen LogP contribution in [0.2, 0.25) is 0 Å². The lowest BCUT2D eigenvalue weighted by Gasteiger charge is -1.99. The van der Waals surface area contributed by atoms with E-state index in [1.807, 2.05) is 30.3 Å². The van der Waals surface area contributed by atoms with Crippen LogP contribution in [0.1, 0.15) is 10.4 Å². The number of hydrogen-bond donors (Lipinski definition) is 2. The molecular formula is C15H13N3O3. The topological polar surface area (TPSA) is 88.2 Å². The Morgan fingerprint density at radius 3 is 2.67 bits per heavy atom. The largest absolute Gasteiger partial charge is 0.478 e. The number of fused-ring (bicyclic) bond motifs is 1. The van der Waals surface area contributed by atoms with Gasteiger partial charge in [0, 0.05) is 17.1 Å². The summed E-state index contributed by atoms with van der Waals surface area (Å²) in [6.45, 7) is 0.246. The molecule has 0 radical (unpaired) electrons. The Morgan fingerprint density at radius 2 is 2.00 bits per heavy atom. The molecule has 1 aromatic carbocycles. The van der Waals surface area contributed by atoms with Crippen molar-refractivity contribution in [1.29, 1.82) is 0 Å². The van der Waals surface area contributed by atoms with E-state index in [0.29, 0.717) is 23.3 Å². The van der Waals surface area contributed by atoms with E-state index in [2.05, 4.69) is 10.1 Å². The lowest BCUT2D eigenvalue weighted by Crippen LogP contribution is -2.05. The maximum absolute atomic E-state index is 11.1. The molecule has 3 rings (SSSR count). The van der Waals surface area contributed by atoms with Gasteiger partial charge in [0.2, 0.25) is 0 Å². The van der Waals surface area contributed by atoms with Crippen molar-refractivity contribution in [1.82, 2.24) is 14.8 Å². The molecule has 3 aromatic rings. The number of rotatable bonds is 4. The zero-order valence-electron chi connectivity index (χ0n) is 11.1. The third kappa shape index (κ3) is 2.36. The van der Waals surface area contributed by atoms with Crippen LogP contribution in [-0.2, 0) is 6.54 Å². The molecule has 2 heterocycles. The number of hydrogen-bond acceptors (Lipinski definition) is 4. The predicted molar refractivity (Wildman–Crippen MR) is 77.0 cm³/mol. The number of aromatic carboxylic acids is 1. The molecular weight excluding hydrogens is 270 g/mol. The van der Waals surface area contributed by atoms with E-state index < -0.39 is 5.97 Å². The van der Waals surface area contributed by atoms with Crippen molar-refractivity contribution in [3.05, 3.63) is 48.2 Å². The summed E-state index contributed by atoms with van der Waals surface area (Å²) in [6.07, 6.45) is 1.30. The third-order valence-electron chi connectivity index (χ3n) is 3.19. The molecule has 0 saturated heterocycles. The third-order valence-corrected chi connectivity index (χ3v) is 3.19. The van der Waals surface area contributed by atoms with Gasteiger partial charge in [0.1, 0.15) is 5.69 Å². The van der Waals surface area contributed by atoms with Crippen molar-refractivity contribution >= 4 is 17.0 Å². The van der Waals surface area contributed by atoms with Gasteiger partial charge < -0.3 is 10.2 Å². The molecule has 0 saturated carbocycles. The highest BCUT2D eigenvalue weighted by Crippen LogP contribution is 2.27. The van der Waals surface area contributed by atoms with Crippen LogP contribution >= 0.6 is 0 Å². The van der Waals surface area contributed by atoms with Gasteiger partial charge in [-0.1, -0.05) is 30.3 Å². The summed E-state index contributed by atoms with van der Waals surface area (Å²) >= 11 is 0. The average molecular weight is 283 g/mol. The van der Waals surface area contributed by atoms with Gasteiger partial charge in [0.05, 0.1) is 18.7 Å². The fourth-order valence-electron chi connectivity index (χ4n) is 2.24. The van der Waals surface area contributed by atoms with E-state index in [0.717, 1.165) is 5.56 Å². The number of carboxylic acid groups (broad SMARTS) is 1. The quantitative estimate of drug-likeness (QED) is 0.762. The molecule has 6 nitrogen and oxygen atoms in total. The van der Waals surface area contributed by atoms with Gasteiger partial charge in [-0.25, -0.2) is 14.5 Å².